The molecule has 0 bridgehead atoms. The van der Waals surface area contributed by atoms with Crippen LogP contribution in [-0.2, 0) is 6.42 Å². The fraction of sp³-hybridized carbons (Fsp3) is 0.348. The number of aromatic amines is 1. The molecule has 146 valence electrons. The smallest absolute Gasteiger partial charge is 0.256 e. The molecule has 0 saturated carbocycles. The van der Waals surface area contributed by atoms with Crippen molar-refractivity contribution >= 4 is 16.5 Å². The largest absolute Gasteiger partial charge is 0.382 e. The molecule has 1 aliphatic rings. The predicted molar refractivity (Wildman–Crippen MR) is 112 cm³/mol. The van der Waals surface area contributed by atoms with E-state index >= 15 is 0 Å². The van der Waals surface area contributed by atoms with Gasteiger partial charge in [0.2, 0.25) is 0 Å². The van der Waals surface area contributed by atoms with Gasteiger partial charge in [-0.2, -0.15) is 0 Å². The van der Waals surface area contributed by atoms with E-state index in [-0.39, 0.29) is 11.4 Å². The first-order valence-electron chi connectivity index (χ1n) is 10.0. The van der Waals surface area contributed by atoms with Gasteiger partial charge in [0.25, 0.3) is 5.56 Å². The molecular formula is C23H26FN3O. The van der Waals surface area contributed by atoms with Gasteiger partial charge in [-0.15, -0.1) is 0 Å². The number of likely N-dealkylation sites (tertiary alicyclic amines) is 1. The van der Waals surface area contributed by atoms with Crippen LogP contribution in [0.4, 0.5) is 10.1 Å². The van der Waals surface area contributed by atoms with Crippen LogP contribution < -0.4 is 10.9 Å². The summed E-state index contributed by atoms with van der Waals surface area (Å²) < 4.78 is 13.3. The van der Waals surface area contributed by atoms with Gasteiger partial charge >= 0.3 is 0 Å². The first-order valence-corrected chi connectivity index (χ1v) is 10.0. The summed E-state index contributed by atoms with van der Waals surface area (Å²) in [7, 11) is 0. The summed E-state index contributed by atoms with van der Waals surface area (Å²) in [6, 6.07) is 17.3. The van der Waals surface area contributed by atoms with Gasteiger partial charge < -0.3 is 15.2 Å². The number of aromatic nitrogens is 1. The van der Waals surface area contributed by atoms with Crippen molar-refractivity contribution in [2.45, 2.75) is 31.7 Å². The molecule has 28 heavy (non-hydrogen) atoms. The maximum absolute atomic E-state index is 13.3. The summed E-state index contributed by atoms with van der Waals surface area (Å²) in [5, 5.41) is 4.83. The zero-order valence-electron chi connectivity index (χ0n) is 16.0. The SMILES string of the molecule is O=c1[nH]c(CCCN2CCC(Nc3ccccc3)CC2)cc2ccc(F)cc12. The van der Waals surface area contributed by atoms with Gasteiger partial charge in [-0.3, -0.25) is 4.79 Å². The van der Waals surface area contributed by atoms with Gasteiger partial charge in [-0.05, 0) is 67.9 Å². The van der Waals surface area contributed by atoms with Gasteiger partial charge in [0, 0.05) is 35.9 Å². The van der Waals surface area contributed by atoms with Gasteiger partial charge in [0.1, 0.15) is 5.82 Å². The van der Waals surface area contributed by atoms with E-state index < -0.39 is 0 Å². The van der Waals surface area contributed by atoms with E-state index in [1.807, 2.05) is 12.1 Å². The van der Waals surface area contributed by atoms with Crippen molar-refractivity contribution in [1.29, 1.82) is 0 Å². The number of hydrogen-bond donors (Lipinski definition) is 2. The molecule has 1 aromatic heterocycles. The molecule has 2 heterocycles. The number of halogens is 1. The van der Waals surface area contributed by atoms with E-state index in [0.717, 1.165) is 56.4 Å². The Hall–Kier alpha value is -2.66. The number of nitrogens with zero attached hydrogens (tertiary/aromatic N) is 1. The Bertz CT molecular complexity index is 978. The third kappa shape index (κ3) is 4.60. The second-order valence-electron chi connectivity index (χ2n) is 7.59. The minimum Gasteiger partial charge on any atom is -0.382 e. The number of pyridine rings is 1. The van der Waals surface area contributed by atoms with Crippen molar-refractivity contribution in [3.05, 3.63) is 76.5 Å². The second kappa shape index (κ2) is 8.57. The van der Waals surface area contributed by atoms with Gasteiger partial charge in [0.05, 0.1) is 0 Å². The Kier molecular flexibility index (Phi) is 5.72. The van der Waals surface area contributed by atoms with Crippen LogP contribution in [0.1, 0.15) is 25.0 Å². The number of fused-ring (bicyclic) bond motifs is 1. The Morgan fingerprint density at radius 2 is 1.86 bits per heavy atom. The van der Waals surface area contributed by atoms with E-state index in [4.69, 9.17) is 0 Å². The maximum atomic E-state index is 13.3. The zero-order valence-corrected chi connectivity index (χ0v) is 16.0. The highest BCUT2D eigenvalue weighted by Gasteiger charge is 2.18. The molecule has 5 heteroatoms. The quantitative estimate of drug-likeness (QED) is 0.676. The number of rotatable bonds is 6. The molecule has 1 fully saturated rings. The van der Waals surface area contributed by atoms with Gasteiger partial charge in [-0.25, -0.2) is 4.39 Å². The van der Waals surface area contributed by atoms with Crippen molar-refractivity contribution in [2.75, 3.05) is 25.0 Å². The van der Waals surface area contributed by atoms with Crippen LogP contribution in [0.15, 0.2) is 59.4 Å². The predicted octanol–water partition coefficient (Wildman–Crippen LogP) is 4.18. The summed E-state index contributed by atoms with van der Waals surface area (Å²) in [6.07, 6.45) is 4.12. The number of para-hydroxylation sites is 1. The van der Waals surface area contributed by atoms with Crippen molar-refractivity contribution in [2.24, 2.45) is 0 Å². The number of piperidine rings is 1. The fourth-order valence-electron chi connectivity index (χ4n) is 3.99. The Morgan fingerprint density at radius 1 is 1.07 bits per heavy atom. The summed E-state index contributed by atoms with van der Waals surface area (Å²) in [4.78, 5) is 17.6. The fourth-order valence-corrected chi connectivity index (χ4v) is 3.99. The van der Waals surface area contributed by atoms with Gasteiger partial charge in [0.15, 0.2) is 0 Å². The highest BCUT2D eigenvalue weighted by molar-refractivity contribution is 5.81. The normalized spacial score (nSPS) is 15.8. The van der Waals surface area contributed by atoms with Crippen LogP contribution in [-0.4, -0.2) is 35.6 Å². The number of hydrogen-bond acceptors (Lipinski definition) is 3. The monoisotopic (exact) mass is 379 g/mol. The molecule has 0 unspecified atom stereocenters. The molecule has 0 radical (unpaired) electrons. The topological polar surface area (TPSA) is 48.1 Å². The third-order valence-corrected chi connectivity index (χ3v) is 5.52. The van der Waals surface area contributed by atoms with Crippen LogP contribution >= 0.6 is 0 Å². The molecular weight excluding hydrogens is 353 g/mol. The molecule has 4 rings (SSSR count). The zero-order chi connectivity index (χ0) is 19.3. The first-order chi connectivity index (χ1) is 13.7. The molecule has 2 aromatic carbocycles. The Labute approximate surface area is 164 Å². The van der Waals surface area contributed by atoms with Crippen LogP contribution in [0.5, 0.6) is 0 Å². The summed E-state index contributed by atoms with van der Waals surface area (Å²) in [5.74, 6) is -0.379. The number of nitrogens with one attached hydrogen (secondary N) is 2. The van der Waals surface area contributed by atoms with Crippen molar-refractivity contribution in [3.8, 4) is 0 Å². The average molecular weight is 379 g/mol. The second-order valence-corrected chi connectivity index (χ2v) is 7.59. The van der Waals surface area contributed by atoms with Crippen LogP contribution in [0, 0.1) is 5.82 Å². The highest BCUT2D eigenvalue weighted by Crippen LogP contribution is 2.17. The molecule has 1 saturated heterocycles. The van der Waals surface area contributed by atoms with Crippen LogP contribution in [0.2, 0.25) is 0 Å². The maximum Gasteiger partial charge on any atom is 0.256 e. The van der Waals surface area contributed by atoms with Crippen LogP contribution in [0.25, 0.3) is 10.8 Å². The van der Waals surface area contributed by atoms with Gasteiger partial charge in [-0.1, -0.05) is 24.3 Å². The lowest BCUT2D eigenvalue weighted by atomic mass is 10.0. The lowest BCUT2D eigenvalue weighted by Crippen LogP contribution is -2.39. The molecule has 4 nitrogen and oxygen atoms in total. The summed E-state index contributed by atoms with van der Waals surface area (Å²) in [6.45, 7) is 3.22. The minimum absolute atomic E-state index is 0.209. The lowest BCUT2D eigenvalue weighted by Gasteiger charge is -2.32. The number of benzene rings is 2. The first kappa shape index (κ1) is 18.7. The van der Waals surface area contributed by atoms with E-state index in [1.54, 1.807) is 6.07 Å². The minimum atomic E-state index is -0.379. The van der Waals surface area contributed by atoms with Crippen molar-refractivity contribution in [3.63, 3.8) is 0 Å². The highest BCUT2D eigenvalue weighted by atomic mass is 19.1. The standard InChI is InChI=1S/C23H26FN3O/c24-18-9-8-17-15-21(26-23(28)22(17)16-18)7-4-12-27-13-10-20(11-14-27)25-19-5-2-1-3-6-19/h1-3,5-6,8-9,15-16,20,25H,4,7,10-14H2,(H,26,28). The molecule has 2 N–H and O–H groups in total. The van der Waals surface area contributed by atoms with E-state index in [1.165, 1.54) is 17.8 Å². The third-order valence-electron chi connectivity index (χ3n) is 5.52. The number of H-pyrrole nitrogens is 1. The number of aryl methyl sites for hydroxylation is 1. The number of anilines is 1. The molecule has 0 aliphatic carbocycles. The summed E-state index contributed by atoms with van der Waals surface area (Å²) in [5.41, 5.74) is 1.91. The van der Waals surface area contributed by atoms with E-state index in [2.05, 4.69) is 39.5 Å². The Morgan fingerprint density at radius 3 is 2.64 bits per heavy atom. The molecule has 0 atom stereocenters. The summed E-state index contributed by atoms with van der Waals surface area (Å²) >= 11 is 0. The molecule has 3 aromatic rings. The van der Waals surface area contributed by atoms with E-state index in [9.17, 15) is 9.18 Å². The average Bonchev–Trinajstić information content (AvgIpc) is 2.71. The van der Waals surface area contributed by atoms with Crippen LogP contribution in [0.3, 0.4) is 0 Å². The molecule has 0 amide bonds. The molecule has 0 spiro atoms. The lowest BCUT2D eigenvalue weighted by molar-refractivity contribution is 0.217. The Balaban J connectivity index is 1.25. The van der Waals surface area contributed by atoms with Crippen molar-refractivity contribution < 1.29 is 4.39 Å². The van der Waals surface area contributed by atoms with Crippen molar-refractivity contribution in [1.82, 2.24) is 9.88 Å². The van der Waals surface area contributed by atoms with E-state index in [0.29, 0.717) is 11.4 Å². The molecule has 1 aliphatic heterocycles.